The molecule has 0 radical (unpaired) electrons. The largest absolute Gasteiger partial charge is 0.344 e. The highest BCUT2D eigenvalue weighted by molar-refractivity contribution is 5.98. The van der Waals surface area contributed by atoms with Crippen LogP contribution in [0.1, 0.15) is 52.4 Å². The lowest BCUT2D eigenvalue weighted by atomic mass is 9.49. The zero-order valence-corrected chi connectivity index (χ0v) is 16.1. The molecule has 0 aromatic heterocycles. The van der Waals surface area contributed by atoms with Crippen molar-refractivity contribution in [2.75, 3.05) is 5.32 Å². The van der Waals surface area contributed by atoms with E-state index in [1.165, 1.54) is 31.4 Å². The molecule has 0 aliphatic heterocycles. The van der Waals surface area contributed by atoms with Gasteiger partial charge in [0, 0.05) is 11.1 Å². The van der Waals surface area contributed by atoms with Gasteiger partial charge in [-0.1, -0.05) is 19.9 Å². The summed E-state index contributed by atoms with van der Waals surface area (Å²) in [6, 6.07) is 5.22. The fourth-order valence-electron chi connectivity index (χ4n) is 6.00. The molecule has 2 amide bonds. The summed E-state index contributed by atoms with van der Waals surface area (Å²) in [7, 11) is 0. The lowest BCUT2D eigenvalue weighted by Crippen LogP contribution is -2.57. The first-order chi connectivity index (χ1) is 12.8. The zero-order chi connectivity index (χ0) is 19.2. The molecule has 0 saturated heterocycles. The Hall–Kier alpha value is -1.91. The maximum absolute atomic E-state index is 13.4. The molecule has 27 heavy (non-hydrogen) atoms. The Bertz CT molecular complexity index is 710. The molecule has 1 atom stereocenters. The predicted molar refractivity (Wildman–Crippen MR) is 102 cm³/mol. The highest BCUT2D eigenvalue weighted by atomic mass is 19.1. The van der Waals surface area contributed by atoms with Crippen LogP contribution in [-0.4, -0.2) is 17.9 Å². The lowest BCUT2D eigenvalue weighted by molar-refractivity contribution is -0.148. The number of hydrogen-bond donors (Lipinski definition) is 2. The van der Waals surface area contributed by atoms with Crippen LogP contribution in [0.5, 0.6) is 0 Å². The fraction of sp³-hybridized carbons (Fsp3) is 0.636. The smallest absolute Gasteiger partial charge is 0.247 e. The molecule has 2 N–H and O–H groups in total. The quantitative estimate of drug-likeness (QED) is 0.817. The number of nitrogens with one attached hydrogen (secondary N) is 2. The molecule has 4 saturated carbocycles. The number of benzene rings is 1. The highest BCUT2D eigenvalue weighted by Crippen LogP contribution is 2.60. The number of carbonyl (C=O) groups is 2. The van der Waals surface area contributed by atoms with E-state index in [-0.39, 0.29) is 23.1 Å². The topological polar surface area (TPSA) is 58.2 Å². The van der Waals surface area contributed by atoms with Gasteiger partial charge in [-0.2, -0.15) is 0 Å². The van der Waals surface area contributed by atoms with Crippen molar-refractivity contribution in [2.24, 2.45) is 29.1 Å². The SMILES string of the molecule is CC(C)[C@@H](NC(=O)C12CC3CC(CC(C3)C1)C2)C(=O)Nc1cccc(F)c1. The third-order valence-corrected chi connectivity index (χ3v) is 6.85. The molecule has 0 heterocycles. The molecule has 4 bridgehead atoms. The van der Waals surface area contributed by atoms with E-state index in [1.807, 2.05) is 13.8 Å². The first kappa shape index (κ1) is 18.5. The van der Waals surface area contributed by atoms with E-state index in [0.29, 0.717) is 23.4 Å². The van der Waals surface area contributed by atoms with Crippen molar-refractivity contribution < 1.29 is 14.0 Å². The Labute approximate surface area is 160 Å². The molecule has 1 aromatic rings. The summed E-state index contributed by atoms with van der Waals surface area (Å²) in [4.78, 5) is 26.1. The molecule has 4 nitrogen and oxygen atoms in total. The van der Waals surface area contributed by atoms with Crippen molar-refractivity contribution in [1.82, 2.24) is 5.32 Å². The second-order valence-electron chi connectivity index (χ2n) is 9.39. The second-order valence-corrected chi connectivity index (χ2v) is 9.39. The standard InChI is InChI=1S/C22H29FN2O2/c1-13(2)19(20(26)24-18-5-3-4-17(23)9-18)25-21(27)22-10-14-6-15(11-22)8-16(7-14)12-22/h3-5,9,13-16,19H,6-8,10-12H2,1-2H3,(H,24,26)(H,25,27)/t14?,15?,16?,19-,22?/m1/s1. The van der Waals surface area contributed by atoms with Crippen molar-refractivity contribution in [3.63, 3.8) is 0 Å². The van der Waals surface area contributed by atoms with Crippen LogP contribution in [0.3, 0.4) is 0 Å². The van der Waals surface area contributed by atoms with Gasteiger partial charge in [0.15, 0.2) is 0 Å². The molecule has 0 unspecified atom stereocenters. The third kappa shape index (κ3) is 3.61. The van der Waals surface area contributed by atoms with Crippen LogP contribution in [0.2, 0.25) is 0 Å². The van der Waals surface area contributed by atoms with E-state index in [4.69, 9.17) is 0 Å². The van der Waals surface area contributed by atoms with Gasteiger partial charge < -0.3 is 10.6 Å². The Morgan fingerprint density at radius 1 is 1.07 bits per heavy atom. The van der Waals surface area contributed by atoms with E-state index in [0.717, 1.165) is 19.3 Å². The molecule has 0 spiro atoms. The van der Waals surface area contributed by atoms with Crippen LogP contribution < -0.4 is 10.6 Å². The Kier molecular flexibility index (Phi) is 4.73. The van der Waals surface area contributed by atoms with Crippen molar-refractivity contribution in [2.45, 2.75) is 58.4 Å². The maximum atomic E-state index is 13.4. The highest BCUT2D eigenvalue weighted by Gasteiger charge is 2.55. The van der Waals surface area contributed by atoms with Gasteiger partial charge in [-0.25, -0.2) is 4.39 Å². The van der Waals surface area contributed by atoms with Crippen LogP contribution in [-0.2, 0) is 9.59 Å². The van der Waals surface area contributed by atoms with E-state index in [9.17, 15) is 14.0 Å². The molecule has 4 aliphatic carbocycles. The number of anilines is 1. The number of hydrogen-bond acceptors (Lipinski definition) is 2. The zero-order valence-electron chi connectivity index (χ0n) is 16.1. The minimum absolute atomic E-state index is 0.0450. The summed E-state index contributed by atoms with van der Waals surface area (Å²) >= 11 is 0. The monoisotopic (exact) mass is 372 g/mol. The minimum atomic E-state index is -0.617. The molecular weight excluding hydrogens is 343 g/mol. The predicted octanol–water partition coefficient (Wildman–Crippen LogP) is 4.12. The van der Waals surface area contributed by atoms with Gasteiger partial charge in [0.05, 0.1) is 0 Å². The summed E-state index contributed by atoms with van der Waals surface area (Å²) in [6.07, 6.45) is 6.75. The van der Waals surface area contributed by atoms with Gasteiger partial charge in [0.1, 0.15) is 11.9 Å². The second kappa shape index (κ2) is 6.92. The maximum Gasteiger partial charge on any atom is 0.247 e. The van der Waals surface area contributed by atoms with Crippen LogP contribution >= 0.6 is 0 Å². The Balaban J connectivity index is 1.46. The van der Waals surface area contributed by atoms with Gasteiger partial charge in [-0.15, -0.1) is 0 Å². The first-order valence-corrected chi connectivity index (χ1v) is 10.2. The first-order valence-electron chi connectivity index (χ1n) is 10.2. The van der Waals surface area contributed by atoms with Gasteiger partial charge >= 0.3 is 0 Å². The molecule has 5 rings (SSSR count). The van der Waals surface area contributed by atoms with Crippen molar-refractivity contribution in [1.29, 1.82) is 0 Å². The normalized spacial score (nSPS) is 32.4. The van der Waals surface area contributed by atoms with Crippen LogP contribution in [0.25, 0.3) is 0 Å². The van der Waals surface area contributed by atoms with E-state index < -0.39 is 11.9 Å². The summed E-state index contributed by atoms with van der Waals surface area (Å²) in [5.74, 6) is 1.37. The minimum Gasteiger partial charge on any atom is -0.344 e. The lowest BCUT2D eigenvalue weighted by Gasteiger charge is -2.55. The van der Waals surface area contributed by atoms with Gasteiger partial charge in [-0.05, 0) is 80.4 Å². The van der Waals surface area contributed by atoms with E-state index in [1.54, 1.807) is 12.1 Å². The van der Waals surface area contributed by atoms with Crippen molar-refractivity contribution >= 4 is 17.5 Å². The van der Waals surface area contributed by atoms with Crippen LogP contribution in [0.4, 0.5) is 10.1 Å². The summed E-state index contributed by atoms with van der Waals surface area (Å²) < 4.78 is 13.4. The number of carbonyl (C=O) groups excluding carboxylic acids is 2. The summed E-state index contributed by atoms with van der Waals surface area (Å²) in [5, 5.41) is 5.81. The van der Waals surface area contributed by atoms with Crippen LogP contribution in [0.15, 0.2) is 24.3 Å². The molecule has 146 valence electrons. The average molecular weight is 372 g/mol. The Morgan fingerprint density at radius 2 is 1.67 bits per heavy atom. The number of amides is 2. The summed E-state index contributed by atoms with van der Waals surface area (Å²) in [5.41, 5.74) is 0.135. The van der Waals surface area contributed by atoms with E-state index >= 15 is 0 Å². The van der Waals surface area contributed by atoms with Gasteiger partial charge in [0.2, 0.25) is 11.8 Å². The number of rotatable bonds is 5. The molecule has 4 fully saturated rings. The molecular formula is C22H29FN2O2. The average Bonchev–Trinajstić information content (AvgIpc) is 2.57. The van der Waals surface area contributed by atoms with E-state index in [2.05, 4.69) is 10.6 Å². The van der Waals surface area contributed by atoms with Crippen molar-refractivity contribution in [3.8, 4) is 0 Å². The van der Waals surface area contributed by atoms with Gasteiger partial charge in [-0.3, -0.25) is 9.59 Å². The summed E-state index contributed by atoms with van der Waals surface area (Å²) in [6.45, 7) is 3.85. The van der Waals surface area contributed by atoms with Crippen LogP contribution in [0, 0.1) is 34.9 Å². The molecule has 5 heteroatoms. The third-order valence-electron chi connectivity index (χ3n) is 6.85. The fourth-order valence-corrected chi connectivity index (χ4v) is 6.00. The number of halogens is 1. The van der Waals surface area contributed by atoms with Crippen molar-refractivity contribution in [3.05, 3.63) is 30.1 Å². The molecule has 1 aromatic carbocycles. The molecule has 4 aliphatic rings. The van der Waals surface area contributed by atoms with Gasteiger partial charge in [0.25, 0.3) is 0 Å². The Morgan fingerprint density at radius 3 is 2.19 bits per heavy atom.